The Balaban J connectivity index is 0.00000458. The van der Waals surface area contributed by atoms with E-state index in [0.29, 0.717) is 11.5 Å². The Kier molecular flexibility index (Phi) is 10.0. The van der Waals surface area contributed by atoms with Crippen molar-refractivity contribution in [3.05, 3.63) is 212 Å². The van der Waals surface area contributed by atoms with Crippen molar-refractivity contribution in [1.29, 1.82) is 0 Å². The van der Waals surface area contributed by atoms with E-state index >= 15 is 0 Å². The summed E-state index contributed by atoms with van der Waals surface area (Å²) in [6.45, 7) is 6.42. The van der Waals surface area contributed by atoms with Gasteiger partial charge in [0.1, 0.15) is 5.82 Å². The van der Waals surface area contributed by atoms with E-state index in [1.165, 1.54) is 11.0 Å². The number of imidazole rings is 1. The minimum absolute atomic E-state index is 0. The molecule has 3 aromatic heterocycles. The average molecular weight is 980 g/mol. The second-order valence-corrected chi connectivity index (χ2v) is 16.5. The van der Waals surface area contributed by atoms with Crippen LogP contribution in [0, 0.1) is 18.5 Å². The Morgan fingerprint density at radius 3 is 2.15 bits per heavy atom. The molecule has 0 saturated heterocycles. The molecular formula is C54H39BN5OPt-3. The molecule has 6 aromatic carbocycles. The molecule has 2 aliphatic heterocycles. The first-order chi connectivity index (χ1) is 29.9. The van der Waals surface area contributed by atoms with Crippen LogP contribution in [-0.4, -0.2) is 30.8 Å². The maximum absolute atomic E-state index is 6.60. The van der Waals surface area contributed by atoms with Crippen LogP contribution in [0.2, 0.25) is 0 Å². The van der Waals surface area contributed by atoms with Crippen molar-refractivity contribution in [2.75, 3.05) is 0 Å². The predicted molar refractivity (Wildman–Crippen MR) is 248 cm³/mol. The molecule has 302 valence electrons. The van der Waals surface area contributed by atoms with Gasteiger partial charge in [-0.15, -0.1) is 29.3 Å². The molecular weight excluding hydrogens is 941 g/mol. The summed E-state index contributed by atoms with van der Waals surface area (Å²) in [5.74, 6) is 1.98. The third-order valence-corrected chi connectivity index (χ3v) is 11.7. The topological polar surface area (TPSA) is 48.1 Å². The molecule has 0 N–H and O–H groups in total. The van der Waals surface area contributed by atoms with Gasteiger partial charge in [-0.25, -0.2) is 4.98 Å². The van der Waals surface area contributed by atoms with Crippen molar-refractivity contribution in [2.24, 2.45) is 0 Å². The molecule has 11 rings (SSSR count). The van der Waals surface area contributed by atoms with Gasteiger partial charge < -0.3 is 23.7 Å². The van der Waals surface area contributed by atoms with Crippen LogP contribution >= 0.6 is 0 Å². The zero-order chi connectivity index (χ0) is 41.1. The zero-order valence-electron chi connectivity index (χ0n) is 34.4. The molecule has 62 heavy (non-hydrogen) atoms. The van der Waals surface area contributed by atoms with E-state index in [0.717, 1.165) is 72.5 Å². The van der Waals surface area contributed by atoms with Gasteiger partial charge in [0.05, 0.1) is 0 Å². The summed E-state index contributed by atoms with van der Waals surface area (Å²) >= 11 is 0. The summed E-state index contributed by atoms with van der Waals surface area (Å²) in [6.07, 6.45) is 15.9. The summed E-state index contributed by atoms with van der Waals surface area (Å²) in [5, 5.41) is 2.21. The molecule has 0 radical (unpaired) electrons. The molecule has 2 aliphatic rings. The molecule has 0 spiro atoms. The first-order valence-corrected chi connectivity index (χ1v) is 20.6. The summed E-state index contributed by atoms with van der Waals surface area (Å²) in [5.41, 5.74) is 12.6. The molecule has 0 amide bonds. The molecule has 6 nitrogen and oxygen atoms in total. The van der Waals surface area contributed by atoms with Crippen LogP contribution in [0.3, 0.4) is 0 Å². The number of fused-ring (bicyclic) bond motifs is 5. The molecule has 9 aromatic rings. The van der Waals surface area contributed by atoms with Crippen LogP contribution in [0.4, 0.5) is 0 Å². The average Bonchev–Trinajstić information content (AvgIpc) is 3.87. The number of aromatic nitrogens is 4. The second-order valence-electron chi connectivity index (χ2n) is 16.5. The van der Waals surface area contributed by atoms with Gasteiger partial charge in [0.2, 0.25) is 0 Å². The monoisotopic (exact) mass is 979 g/mol. The van der Waals surface area contributed by atoms with Crippen LogP contribution < -0.4 is 15.8 Å². The third kappa shape index (κ3) is 6.83. The Labute approximate surface area is 376 Å². The van der Waals surface area contributed by atoms with Gasteiger partial charge in [-0.2, -0.15) is 24.3 Å². The van der Waals surface area contributed by atoms with Crippen molar-refractivity contribution in [3.63, 3.8) is 0 Å². The molecule has 0 bridgehead atoms. The first kappa shape index (κ1) is 39.2. The largest absolute Gasteiger partial charge is 0.510 e. The molecule has 0 saturated carbocycles. The van der Waals surface area contributed by atoms with Crippen LogP contribution in [-0.2, 0) is 26.5 Å². The fourth-order valence-electron chi connectivity index (χ4n) is 8.75. The number of nitrogens with zero attached hydrogens (tertiary/aromatic N) is 5. The van der Waals surface area contributed by atoms with Crippen molar-refractivity contribution >= 4 is 45.8 Å². The fourth-order valence-corrected chi connectivity index (χ4v) is 8.75. The summed E-state index contributed by atoms with van der Waals surface area (Å²) in [7, 11) is 0. The molecule has 0 unspecified atom stereocenters. The van der Waals surface area contributed by atoms with Crippen molar-refractivity contribution in [2.45, 2.75) is 26.2 Å². The summed E-state index contributed by atoms with van der Waals surface area (Å²) < 4.78 is 10.8. The van der Waals surface area contributed by atoms with E-state index < -0.39 is 0 Å². The van der Waals surface area contributed by atoms with Crippen LogP contribution in [0.1, 0.15) is 32.0 Å². The maximum atomic E-state index is 6.60. The number of allylic oxidation sites excluding steroid dienone is 3. The maximum Gasteiger partial charge on any atom is 0.285 e. The van der Waals surface area contributed by atoms with Crippen LogP contribution in [0.15, 0.2) is 182 Å². The van der Waals surface area contributed by atoms with Gasteiger partial charge >= 0.3 is 0 Å². The summed E-state index contributed by atoms with van der Waals surface area (Å²) in [6, 6.07) is 57.7. The quantitative estimate of drug-likeness (QED) is 0.118. The Bertz CT molecular complexity index is 3170. The summed E-state index contributed by atoms with van der Waals surface area (Å²) in [4.78, 5) is 12.3. The Hall–Kier alpha value is -6.95. The Morgan fingerprint density at radius 2 is 1.39 bits per heavy atom. The van der Waals surface area contributed by atoms with E-state index in [-0.39, 0.29) is 33.3 Å². The SMILES string of the molecule is CC(C)(C)c1ccnc(-n2c3[c-]c(Oc4[c-]c(-n5[c-]nc6c5C=C5C=CC=CN5B6c5c(-c6ccccc6)cccc5-c5ccccc5)ccc4)ccc3c3ccccc32)c1.[Pt]. The predicted octanol–water partition coefficient (Wildman–Crippen LogP) is 11.0. The van der Waals surface area contributed by atoms with E-state index in [1.807, 2.05) is 35.0 Å². The van der Waals surface area contributed by atoms with E-state index in [2.05, 4.69) is 200 Å². The van der Waals surface area contributed by atoms with Crippen molar-refractivity contribution in [1.82, 2.24) is 23.9 Å². The van der Waals surface area contributed by atoms with Crippen molar-refractivity contribution < 1.29 is 25.8 Å². The van der Waals surface area contributed by atoms with E-state index in [1.54, 1.807) is 0 Å². The number of hydrogen-bond acceptors (Lipinski definition) is 4. The second kappa shape index (κ2) is 15.8. The third-order valence-electron chi connectivity index (χ3n) is 11.7. The number of benzene rings is 6. The number of ether oxygens (including phenoxy) is 1. The van der Waals surface area contributed by atoms with Gasteiger partial charge in [-0.05, 0) is 86.2 Å². The Morgan fingerprint density at radius 1 is 0.677 bits per heavy atom. The van der Waals surface area contributed by atoms with Gasteiger partial charge in [0.15, 0.2) is 0 Å². The number of rotatable bonds is 7. The van der Waals surface area contributed by atoms with E-state index in [9.17, 15) is 0 Å². The molecule has 0 atom stereocenters. The fraction of sp³-hybridized carbons (Fsp3) is 0.0741. The number of hydrogen-bond donors (Lipinski definition) is 0. The number of para-hydroxylation sites is 1. The first-order valence-electron chi connectivity index (χ1n) is 20.6. The molecule has 0 aliphatic carbocycles. The smallest absolute Gasteiger partial charge is 0.285 e. The zero-order valence-corrected chi connectivity index (χ0v) is 36.6. The van der Waals surface area contributed by atoms with Crippen LogP contribution in [0.5, 0.6) is 11.5 Å². The van der Waals surface area contributed by atoms with Gasteiger partial charge in [0.25, 0.3) is 6.85 Å². The van der Waals surface area contributed by atoms with E-state index in [4.69, 9.17) is 14.7 Å². The van der Waals surface area contributed by atoms with Gasteiger partial charge in [-0.1, -0.05) is 141 Å². The van der Waals surface area contributed by atoms with Gasteiger partial charge in [-0.3, -0.25) is 0 Å². The molecule has 8 heteroatoms. The number of pyridine rings is 1. The standard InChI is InChI=1S/C54H39BN5O.Pt/c1-54(2,3)39-29-30-56-51(32-39)60-48-26-11-10-23-46(48)47-28-27-43(35-49(47)60)61-42-22-14-21-40(33-42)58-36-57-53-50(58)34-41-20-12-13-31-59(41)55(53)52-44(37-16-6-4-7-17-37)24-15-25-45(52)38-18-8-5-9-19-38;/h4-32,34H,1-3H3;/q-3;. The van der Waals surface area contributed by atoms with Gasteiger partial charge in [0, 0.05) is 56.3 Å². The normalized spacial score (nSPS) is 13.2. The molecule has 0 fully saturated rings. The molecule has 5 heterocycles. The van der Waals surface area contributed by atoms with Crippen molar-refractivity contribution in [3.8, 4) is 45.3 Å². The van der Waals surface area contributed by atoms with Crippen LogP contribution in [0.25, 0.3) is 61.6 Å². The minimum atomic E-state index is -0.244. The minimum Gasteiger partial charge on any atom is -0.510 e.